The molecule has 1 unspecified atom stereocenters. The quantitative estimate of drug-likeness (QED) is 0.776. The fourth-order valence-electron chi connectivity index (χ4n) is 2.07. The van der Waals surface area contributed by atoms with Gasteiger partial charge in [0.2, 0.25) is 0 Å². The van der Waals surface area contributed by atoms with Gasteiger partial charge in [0.05, 0.1) is 6.61 Å². The Labute approximate surface area is 96.6 Å². The summed E-state index contributed by atoms with van der Waals surface area (Å²) in [6.45, 7) is 4.65. The second-order valence-corrected chi connectivity index (χ2v) is 4.71. The fraction of sp³-hybridized carbons (Fsp3) is 0.500. The van der Waals surface area contributed by atoms with Gasteiger partial charge in [-0.2, -0.15) is 0 Å². The molecule has 86 valence electrons. The summed E-state index contributed by atoms with van der Waals surface area (Å²) in [6, 6.07) is 8.12. The van der Waals surface area contributed by atoms with Crippen LogP contribution in [0.25, 0.3) is 0 Å². The maximum absolute atomic E-state index is 11.6. The number of carbonyl (C=O) groups excluding carboxylic acids is 1. The van der Waals surface area contributed by atoms with Crippen LogP contribution >= 0.6 is 0 Å². The van der Waals surface area contributed by atoms with Gasteiger partial charge in [0, 0.05) is 23.8 Å². The van der Waals surface area contributed by atoms with E-state index in [1.54, 1.807) is 0 Å². The molecule has 0 saturated carbocycles. The van der Waals surface area contributed by atoms with E-state index in [9.17, 15) is 4.79 Å². The van der Waals surface area contributed by atoms with Crippen molar-refractivity contribution in [3.8, 4) is 5.75 Å². The molecule has 1 aliphatic rings. The monoisotopic (exact) mass is 218 g/mol. The molecule has 0 spiro atoms. The highest BCUT2D eigenvalue weighted by atomic mass is 16.5. The molecule has 1 aromatic rings. The molecule has 0 bridgehead atoms. The predicted octanol–water partition coefficient (Wildman–Crippen LogP) is 3.17. The van der Waals surface area contributed by atoms with Crippen LogP contribution in [0.3, 0.4) is 0 Å². The molecule has 1 heterocycles. The summed E-state index contributed by atoms with van der Waals surface area (Å²) < 4.78 is 5.59. The normalized spacial score (nSPS) is 18.3. The largest absolute Gasteiger partial charge is 0.493 e. The van der Waals surface area contributed by atoms with Crippen LogP contribution < -0.4 is 4.74 Å². The number of benzene rings is 1. The molecule has 0 saturated heterocycles. The average Bonchev–Trinajstić information content (AvgIpc) is 2.69. The van der Waals surface area contributed by atoms with E-state index in [2.05, 4.69) is 6.07 Å². The van der Waals surface area contributed by atoms with Crippen molar-refractivity contribution in [2.45, 2.75) is 32.6 Å². The molecule has 1 aliphatic heterocycles. The molecule has 0 amide bonds. The van der Waals surface area contributed by atoms with Gasteiger partial charge < -0.3 is 4.74 Å². The van der Waals surface area contributed by atoms with E-state index in [1.807, 2.05) is 32.0 Å². The smallest absolute Gasteiger partial charge is 0.135 e. The molecular formula is C14H18O2. The van der Waals surface area contributed by atoms with Crippen molar-refractivity contribution in [3.05, 3.63) is 29.8 Å². The third-order valence-electron chi connectivity index (χ3n) is 3.18. The molecule has 2 heteroatoms. The van der Waals surface area contributed by atoms with Crippen LogP contribution in [0.1, 0.15) is 38.2 Å². The first-order valence-corrected chi connectivity index (χ1v) is 5.93. The number of fused-ring (bicyclic) bond motifs is 1. The Morgan fingerprint density at radius 2 is 2.19 bits per heavy atom. The first-order valence-electron chi connectivity index (χ1n) is 5.93. The average molecular weight is 218 g/mol. The van der Waals surface area contributed by atoms with E-state index in [4.69, 9.17) is 4.74 Å². The molecule has 0 aromatic heterocycles. The zero-order chi connectivity index (χ0) is 11.5. The molecule has 0 radical (unpaired) electrons. The maximum atomic E-state index is 11.6. The van der Waals surface area contributed by atoms with Crippen molar-refractivity contribution in [3.63, 3.8) is 0 Å². The van der Waals surface area contributed by atoms with E-state index < -0.39 is 0 Å². The first kappa shape index (κ1) is 11.2. The van der Waals surface area contributed by atoms with Crippen molar-refractivity contribution in [1.82, 2.24) is 0 Å². The van der Waals surface area contributed by atoms with Gasteiger partial charge in [0.1, 0.15) is 11.5 Å². The Morgan fingerprint density at radius 3 is 2.94 bits per heavy atom. The van der Waals surface area contributed by atoms with Gasteiger partial charge in [-0.25, -0.2) is 0 Å². The molecule has 2 rings (SSSR count). The summed E-state index contributed by atoms with van der Waals surface area (Å²) in [7, 11) is 0. The van der Waals surface area contributed by atoms with E-state index >= 15 is 0 Å². The minimum Gasteiger partial charge on any atom is -0.493 e. The van der Waals surface area contributed by atoms with E-state index in [-0.39, 0.29) is 5.92 Å². The van der Waals surface area contributed by atoms with Gasteiger partial charge in [0.15, 0.2) is 0 Å². The standard InChI is InChI=1S/C14H18O2/c1-10(2)13(15)8-7-11-9-16-14-6-4-3-5-12(11)14/h3-6,10-11H,7-9H2,1-2H3. The number of Topliss-reactive ketones (excluding diaryl/α,β-unsaturated/α-hetero) is 1. The fourth-order valence-corrected chi connectivity index (χ4v) is 2.07. The van der Waals surface area contributed by atoms with Crippen LogP contribution in [0.15, 0.2) is 24.3 Å². The van der Waals surface area contributed by atoms with Crippen LogP contribution in [0.4, 0.5) is 0 Å². The minimum absolute atomic E-state index is 0.151. The summed E-state index contributed by atoms with van der Waals surface area (Å²) in [5, 5.41) is 0. The lowest BCUT2D eigenvalue weighted by molar-refractivity contribution is -0.122. The van der Waals surface area contributed by atoms with Crippen LogP contribution in [-0.2, 0) is 4.79 Å². The second-order valence-electron chi connectivity index (χ2n) is 4.71. The number of carbonyl (C=O) groups is 1. The highest BCUT2D eigenvalue weighted by Crippen LogP contribution is 2.36. The highest BCUT2D eigenvalue weighted by molar-refractivity contribution is 5.80. The second kappa shape index (κ2) is 4.69. The topological polar surface area (TPSA) is 26.3 Å². The zero-order valence-corrected chi connectivity index (χ0v) is 9.90. The molecular weight excluding hydrogens is 200 g/mol. The zero-order valence-electron chi connectivity index (χ0n) is 9.90. The van der Waals surface area contributed by atoms with Crippen molar-refractivity contribution in [2.24, 2.45) is 5.92 Å². The third kappa shape index (κ3) is 2.26. The Hall–Kier alpha value is -1.31. The molecule has 0 N–H and O–H groups in total. The van der Waals surface area contributed by atoms with Gasteiger partial charge in [0.25, 0.3) is 0 Å². The van der Waals surface area contributed by atoms with Gasteiger partial charge in [-0.15, -0.1) is 0 Å². The number of rotatable bonds is 4. The lowest BCUT2D eigenvalue weighted by atomic mass is 9.93. The Balaban J connectivity index is 1.96. The van der Waals surface area contributed by atoms with Crippen molar-refractivity contribution < 1.29 is 9.53 Å². The summed E-state index contributed by atoms with van der Waals surface area (Å²) in [4.78, 5) is 11.6. The van der Waals surface area contributed by atoms with Crippen LogP contribution in [-0.4, -0.2) is 12.4 Å². The lowest BCUT2D eigenvalue weighted by Gasteiger charge is -2.09. The molecule has 2 nitrogen and oxygen atoms in total. The lowest BCUT2D eigenvalue weighted by Crippen LogP contribution is -2.10. The summed E-state index contributed by atoms with van der Waals surface area (Å²) in [5.41, 5.74) is 1.26. The predicted molar refractivity (Wildman–Crippen MR) is 63.8 cm³/mol. The number of hydrogen-bond donors (Lipinski definition) is 0. The molecule has 16 heavy (non-hydrogen) atoms. The maximum Gasteiger partial charge on any atom is 0.135 e. The number of ether oxygens (including phenoxy) is 1. The van der Waals surface area contributed by atoms with E-state index in [0.717, 1.165) is 18.8 Å². The number of ketones is 1. The van der Waals surface area contributed by atoms with Gasteiger partial charge >= 0.3 is 0 Å². The number of hydrogen-bond acceptors (Lipinski definition) is 2. The highest BCUT2D eigenvalue weighted by Gasteiger charge is 2.24. The SMILES string of the molecule is CC(C)C(=O)CCC1COc2ccccc21. The van der Waals surface area contributed by atoms with E-state index in [1.165, 1.54) is 5.56 Å². The molecule has 0 fully saturated rings. The van der Waals surface area contributed by atoms with Gasteiger partial charge in [-0.1, -0.05) is 32.0 Å². The van der Waals surface area contributed by atoms with E-state index in [0.29, 0.717) is 18.1 Å². The summed E-state index contributed by atoms with van der Waals surface area (Å²) in [5.74, 6) is 1.89. The molecule has 1 aromatic carbocycles. The van der Waals surface area contributed by atoms with Crippen LogP contribution in [0.5, 0.6) is 5.75 Å². The molecule has 1 atom stereocenters. The Kier molecular flexibility index (Phi) is 3.28. The molecule has 0 aliphatic carbocycles. The van der Waals surface area contributed by atoms with Crippen molar-refractivity contribution in [1.29, 1.82) is 0 Å². The summed E-state index contributed by atoms with van der Waals surface area (Å²) in [6.07, 6.45) is 1.58. The third-order valence-corrected chi connectivity index (χ3v) is 3.18. The summed E-state index contributed by atoms with van der Waals surface area (Å²) >= 11 is 0. The Bertz CT molecular complexity index is 382. The van der Waals surface area contributed by atoms with Crippen LogP contribution in [0, 0.1) is 5.92 Å². The first-order chi connectivity index (χ1) is 7.68. The van der Waals surface area contributed by atoms with Crippen LogP contribution in [0.2, 0.25) is 0 Å². The number of para-hydroxylation sites is 1. The van der Waals surface area contributed by atoms with Crippen molar-refractivity contribution >= 4 is 5.78 Å². The van der Waals surface area contributed by atoms with Gasteiger partial charge in [-0.3, -0.25) is 4.79 Å². The van der Waals surface area contributed by atoms with Crippen molar-refractivity contribution in [2.75, 3.05) is 6.61 Å². The Morgan fingerprint density at radius 1 is 1.44 bits per heavy atom. The minimum atomic E-state index is 0.151. The van der Waals surface area contributed by atoms with Gasteiger partial charge in [-0.05, 0) is 12.5 Å².